The first-order valence-electron chi connectivity index (χ1n) is 6.46. The van der Waals surface area contributed by atoms with Gasteiger partial charge >= 0.3 is 0 Å². The van der Waals surface area contributed by atoms with Gasteiger partial charge in [0.1, 0.15) is 0 Å². The molecule has 0 aliphatic carbocycles. The van der Waals surface area contributed by atoms with Crippen LogP contribution in [-0.2, 0) is 11.2 Å². The van der Waals surface area contributed by atoms with Crippen molar-refractivity contribution in [3.63, 3.8) is 0 Å². The third kappa shape index (κ3) is 2.95. The number of unbranched alkanes of at least 4 members (excludes halogenated alkanes) is 2. The number of carbonyl (C=O) groups is 1. The number of hydrogen-bond acceptors (Lipinski definition) is 2. The molecule has 0 amide bonds. The quantitative estimate of drug-likeness (QED) is 0.788. The predicted molar refractivity (Wildman–Crippen MR) is 69.7 cm³/mol. The van der Waals surface area contributed by atoms with E-state index in [1.54, 1.807) is 0 Å². The van der Waals surface area contributed by atoms with Gasteiger partial charge in [-0.1, -0.05) is 44.0 Å². The standard InChI is InChI=1S/C15H20NO/c1-2-3-4-9-14(17)15-13-8-6-5-7-12(13)10-11-16-15/h5-8,15-16H,1-4,9-11H2. The number of rotatable bonds is 5. The summed E-state index contributed by atoms with van der Waals surface area (Å²) in [6.07, 6.45) is 4.62. The van der Waals surface area contributed by atoms with Crippen molar-refractivity contribution in [2.24, 2.45) is 0 Å². The van der Waals surface area contributed by atoms with E-state index in [0.29, 0.717) is 12.2 Å². The molecule has 0 saturated carbocycles. The van der Waals surface area contributed by atoms with E-state index in [2.05, 4.69) is 30.4 Å². The Morgan fingerprint density at radius 1 is 1.35 bits per heavy atom. The van der Waals surface area contributed by atoms with Crippen LogP contribution < -0.4 is 5.32 Å². The lowest BCUT2D eigenvalue weighted by molar-refractivity contribution is -0.121. The zero-order valence-corrected chi connectivity index (χ0v) is 10.2. The summed E-state index contributed by atoms with van der Waals surface area (Å²) in [5.74, 6) is 0.325. The van der Waals surface area contributed by atoms with Crippen LogP contribution in [0.5, 0.6) is 0 Å². The van der Waals surface area contributed by atoms with Crippen molar-refractivity contribution in [2.45, 2.75) is 38.1 Å². The maximum atomic E-state index is 12.2. The zero-order valence-electron chi connectivity index (χ0n) is 10.2. The maximum absolute atomic E-state index is 12.2. The van der Waals surface area contributed by atoms with Crippen LogP contribution in [-0.4, -0.2) is 12.3 Å². The molecule has 1 unspecified atom stereocenters. The van der Waals surface area contributed by atoms with Crippen molar-refractivity contribution in [3.8, 4) is 0 Å². The van der Waals surface area contributed by atoms with Crippen molar-refractivity contribution in [2.75, 3.05) is 6.54 Å². The average molecular weight is 230 g/mol. The highest BCUT2D eigenvalue weighted by molar-refractivity contribution is 5.85. The maximum Gasteiger partial charge on any atom is 0.154 e. The first-order chi connectivity index (χ1) is 8.33. The van der Waals surface area contributed by atoms with Gasteiger partial charge in [0.2, 0.25) is 0 Å². The monoisotopic (exact) mass is 230 g/mol. The molecule has 0 bridgehead atoms. The fraction of sp³-hybridized carbons (Fsp3) is 0.467. The molecule has 1 atom stereocenters. The summed E-state index contributed by atoms with van der Waals surface area (Å²) in [7, 11) is 0. The Kier molecular flexibility index (Phi) is 4.32. The second-order valence-corrected chi connectivity index (χ2v) is 4.61. The smallest absolute Gasteiger partial charge is 0.154 e. The number of nitrogens with one attached hydrogen (secondary N) is 1. The molecule has 1 aromatic rings. The molecule has 2 heteroatoms. The molecule has 1 radical (unpaired) electrons. The number of hydrogen-bond donors (Lipinski definition) is 1. The highest BCUT2D eigenvalue weighted by atomic mass is 16.1. The van der Waals surface area contributed by atoms with Gasteiger partial charge in [-0.15, -0.1) is 0 Å². The van der Waals surface area contributed by atoms with Gasteiger partial charge in [0.25, 0.3) is 0 Å². The van der Waals surface area contributed by atoms with E-state index in [-0.39, 0.29) is 6.04 Å². The number of fused-ring (bicyclic) bond motifs is 1. The molecule has 1 N–H and O–H groups in total. The third-order valence-electron chi connectivity index (χ3n) is 3.35. The van der Waals surface area contributed by atoms with Crippen molar-refractivity contribution in [1.29, 1.82) is 0 Å². The van der Waals surface area contributed by atoms with Gasteiger partial charge in [0.05, 0.1) is 6.04 Å². The molecule has 0 fully saturated rings. The second kappa shape index (κ2) is 5.97. The zero-order chi connectivity index (χ0) is 12.1. The van der Waals surface area contributed by atoms with Gasteiger partial charge in [-0.3, -0.25) is 4.79 Å². The van der Waals surface area contributed by atoms with E-state index < -0.39 is 0 Å². The van der Waals surface area contributed by atoms with Gasteiger partial charge in [-0.25, -0.2) is 0 Å². The van der Waals surface area contributed by atoms with Crippen LogP contribution in [0.4, 0.5) is 0 Å². The Morgan fingerprint density at radius 3 is 3.00 bits per heavy atom. The Morgan fingerprint density at radius 2 is 2.18 bits per heavy atom. The largest absolute Gasteiger partial charge is 0.303 e. The molecule has 0 saturated heterocycles. The Balaban J connectivity index is 2.05. The van der Waals surface area contributed by atoms with Crippen LogP contribution in [0.1, 0.15) is 42.9 Å². The summed E-state index contributed by atoms with van der Waals surface area (Å²) < 4.78 is 0. The second-order valence-electron chi connectivity index (χ2n) is 4.61. The summed E-state index contributed by atoms with van der Waals surface area (Å²) >= 11 is 0. The van der Waals surface area contributed by atoms with E-state index in [1.807, 2.05) is 6.07 Å². The van der Waals surface area contributed by atoms with Crippen LogP contribution in [0.25, 0.3) is 0 Å². The topological polar surface area (TPSA) is 29.1 Å². The molecule has 2 nitrogen and oxygen atoms in total. The first-order valence-corrected chi connectivity index (χ1v) is 6.46. The van der Waals surface area contributed by atoms with E-state index >= 15 is 0 Å². The molecule has 1 heterocycles. The molecule has 17 heavy (non-hydrogen) atoms. The molecular formula is C15H20NO. The number of carbonyl (C=O) groups excluding carboxylic acids is 1. The minimum absolute atomic E-state index is 0.0789. The molecule has 0 aromatic heterocycles. The summed E-state index contributed by atoms with van der Waals surface area (Å²) in [6.45, 7) is 4.71. The highest BCUT2D eigenvalue weighted by Gasteiger charge is 2.24. The Bertz CT molecular complexity index is 386. The van der Waals surface area contributed by atoms with Crippen molar-refractivity contribution in [3.05, 3.63) is 42.3 Å². The molecular weight excluding hydrogens is 210 g/mol. The minimum atomic E-state index is -0.0789. The fourth-order valence-electron chi connectivity index (χ4n) is 2.41. The fourth-order valence-corrected chi connectivity index (χ4v) is 2.41. The van der Waals surface area contributed by atoms with Crippen LogP contribution in [0.15, 0.2) is 24.3 Å². The lowest BCUT2D eigenvalue weighted by Crippen LogP contribution is -2.35. The highest BCUT2D eigenvalue weighted by Crippen LogP contribution is 2.24. The molecule has 1 aliphatic rings. The van der Waals surface area contributed by atoms with Crippen molar-refractivity contribution >= 4 is 5.78 Å². The van der Waals surface area contributed by atoms with Crippen molar-refractivity contribution < 1.29 is 4.79 Å². The Labute approximate surface area is 103 Å². The molecule has 2 rings (SSSR count). The van der Waals surface area contributed by atoms with Crippen molar-refractivity contribution in [1.82, 2.24) is 5.32 Å². The SMILES string of the molecule is [CH2]CCCCC(=O)C1NCCc2ccccc21. The van der Waals surface area contributed by atoms with Crippen LogP contribution in [0, 0.1) is 6.92 Å². The van der Waals surface area contributed by atoms with E-state index in [1.165, 1.54) is 11.1 Å². The normalized spacial score (nSPS) is 18.8. The van der Waals surface area contributed by atoms with Gasteiger partial charge in [-0.2, -0.15) is 0 Å². The Hall–Kier alpha value is -1.15. The lowest BCUT2D eigenvalue weighted by Gasteiger charge is -2.25. The van der Waals surface area contributed by atoms with Gasteiger partial charge in [-0.05, 0) is 24.0 Å². The van der Waals surface area contributed by atoms with Crippen LogP contribution >= 0.6 is 0 Å². The van der Waals surface area contributed by atoms with E-state index in [4.69, 9.17) is 0 Å². The molecule has 1 aromatic carbocycles. The van der Waals surface area contributed by atoms with Crippen LogP contribution in [0.2, 0.25) is 0 Å². The predicted octanol–water partition coefficient (Wildman–Crippen LogP) is 2.84. The number of Topliss-reactive ketones (excluding diaryl/α,β-unsaturated/α-hetero) is 1. The third-order valence-corrected chi connectivity index (χ3v) is 3.35. The summed E-state index contributed by atoms with van der Waals surface area (Å²) in [4.78, 5) is 12.2. The van der Waals surface area contributed by atoms with E-state index in [0.717, 1.165) is 32.2 Å². The molecule has 91 valence electrons. The summed E-state index contributed by atoms with van der Waals surface area (Å²) in [6, 6.07) is 8.19. The number of ketones is 1. The van der Waals surface area contributed by atoms with Gasteiger partial charge in [0, 0.05) is 13.0 Å². The average Bonchev–Trinajstić information content (AvgIpc) is 2.38. The van der Waals surface area contributed by atoms with Gasteiger partial charge < -0.3 is 5.32 Å². The minimum Gasteiger partial charge on any atom is -0.303 e. The van der Waals surface area contributed by atoms with E-state index in [9.17, 15) is 4.79 Å². The lowest BCUT2D eigenvalue weighted by atomic mass is 9.90. The molecule has 1 aliphatic heterocycles. The summed E-state index contributed by atoms with van der Waals surface area (Å²) in [5.41, 5.74) is 2.50. The first kappa shape index (κ1) is 12.3. The summed E-state index contributed by atoms with van der Waals surface area (Å²) in [5, 5.41) is 3.34. The van der Waals surface area contributed by atoms with Crippen LogP contribution in [0.3, 0.4) is 0 Å². The van der Waals surface area contributed by atoms with Gasteiger partial charge in [0.15, 0.2) is 5.78 Å². The molecule has 0 spiro atoms. The number of benzene rings is 1.